The van der Waals surface area contributed by atoms with Gasteiger partial charge in [0.1, 0.15) is 0 Å². The number of hydrogen-bond donors (Lipinski definition) is 3. The number of fused-ring (bicyclic) bond motifs is 1. The topological polar surface area (TPSA) is 122 Å². The smallest absolute Gasteiger partial charge is 0.251 e. The zero-order valence-corrected chi connectivity index (χ0v) is 15.3. The van der Waals surface area contributed by atoms with Gasteiger partial charge in [0.2, 0.25) is 15.9 Å². The van der Waals surface area contributed by atoms with E-state index in [9.17, 15) is 18.0 Å². The average Bonchev–Trinajstić information content (AvgIpc) is 2.99. The molecule has 0 saturated carbocycles. The summed E-state index contributed by atoms with van der Waals surface area (Å²) in [5.41, 5.74) is 7.47. The van der Waals surface area contributed by atoms with E-state index in [0.29, 0.717) is 44.5 Å². The quantitative estimate of drug-likeness (QED) is 0.644. The molecule has 2 amide bonds. The van der Waals surface area contributed by atoms with Gasteiger partial charge in [0, 0.05) is 30.4 Å². The van der Waals surface area contributed by atoms with Crippen molar-refractivity contribution in [3.63, 3.8) is 0 Å². The van der Waals surface area contributed by atoms with E-state index in [0.717, 1.165) is 11.3 Å². The van der Waals surface area contributed by atoms with E-state index in [-0.39, 0.29) is 30.0 Å². The van der Waals surface area contributed by atoms with Gasteiger partial charge in [0.25, 0.3) is 5.91 Å². The van der Waals surface area contributed by atoms with Gasteiger partial charge in [0.15, 0.2) is 0 Å². The lowest BCUT2D eigenvalue weighted by Gasteiger charge is -2.31. The van der Waals surface area contributed by atoms with Crippen molar-refractivity contribution in [2.45, 2.75) is 31.7 Å². The first kappa shape index (κ1) is 18.8. The van der Waals surface area contributed by atoms with Crippen molar-refractivity contribution >= 4 is 27.5 Å². The molecule has 0 atom stereocenters. The molecule has 2 heterocycles. The van der Waals surface area contributed by atoms with Crippen molar-refractivity contribution in [1.82, 2.24) is 9.62 Å². The van der Waals surface area contributed by atoms with Gasteiger partial charge < -0.3 is 16.4 Å². The predicted octanol–water partition coefficient (Wildman–Crippen LogP) is 0.0540. The van der Waals surface area contributed by atoms with Crippen LogP contribution in [-0.2, 0) is 21.2 Å². The van der Waals surface area contributed by atoms with Gasteiger partial charge in [-0.3, -0.25) is 9.59 Å². The van der Waals surface area contributed by atoms with Crippen LogP contribution < -0.4 is 16.4 Å². The van der Waals surface area contributed by atoms with Crippen LogP contribution in [0.15, 0.2) is 18.2 Å². The van der Waals surface area contributed by atoms with Crippen molar-refractivity contribution in [2.24, 2.45) is 5.73 Å². The normalized spacial score (nSPS) is 18.4. The van der Waals surface area contributed by atoms with Crippen LogP contribution in [0.5, 0.6) is 0 Å². The number of piperidine rings is 1. The van der Waals surface area contributed by atoms with Crippen LogP contribution in [0.25, 0.3) is 0 Å². The van der Waals surface area contributed by atoms with E-state index in [1.54, 1.807) is 18.2 Å². The number of nitrogens with two attached hydrogens (primary N) is 1. The Hall–Kier alpha value is -1.97. The van der Waals surface area contributed by atoms with E-state index < -0.39 is 10.0 Å². The highest BCUT2D eigenvalue weighted by atomic mass is 32.2. The number of anilines is 1. The highest BCUT2D eigenvalue weighted by molar-refractivity contribution is 7.89. The number of benzene rings is 1. The molecule has 0 aromatic heterocycles. The first-order valence-electron chi connectivity index (χ1n) is 8.80. The third kappa shape index (κ3) is 4.22. The summed E-state index contributed by atoms with van der Waals surface area (Å²) in [6, 6.07) is 5.10. The third-order valence-corrected chi connectivity index (χ3v) is 6.74. The number of nitrogens with one attached hydrogen (secondary N) is 2. The Kier molecular flexibility index (Phi) is 5.59. The second kappa shape index (κ2) is 7.73. The molecule has 4 N–H and O–H groups in total. The van der Waals surface area contributed by atoms with Crippen LogP contribution in [0.4, 0.5) is 5.69 Å². The fraction of sp³-hybridized carbons (Fsp3) is 0.529. The summed E-state index contributed by atoms with van der Waals surface area (Å²) in [5.74, 6) is -0.194. The lowest BCUT2D eigenvalue weighted by molar-refractivity contribution is -0.115. The van der Waals surface area contributed by atoms with E-state index >= 15 is 0 Å². The number of carbonyl (C=O) groups is 2. The van der Waals surface area contributed by atoms with E-state index in [1.165, 1.54) is 4.31 Å². The first-order chi connectivity index (χ1) is 12.4. The summed E-state index contributed by atoms with van der Waals surface area (Å²) in [5, 5.41) is 5.70. The average molecular weight is 380 g/mol. The van der Waals surface area contributed by atoms with Gasteiger partial charge in [-0.2, -0.15) is 0 Å². The lowest BCUT2D eigenvalue weighted by Crippen LogP contribution is -2.47. The summed E-state index contributed by atoms with van der Waals surface area (Å²) in [4.78, 5) is 23.9. The molecule has 8 nitrogen and oxygen atoms in total. The second-order valence-electron chi connectivity index (χ2n) is 6.70. The van der Waals surface area contributed by atoms with Crippen LogP contribution in [0.2, 0.25) is 0 Å². The van der Waals surface area contributed by atoms with E-state index in [2.05, 4.69) is 10.6 Å². The molecule has 3 rings (SSSR count). The standard InChI is InChI=1S/C17H24N4O4S/c18-6-1-9-26(24,25)21-7-4-14(5-8-21)19-17(23)12-2-3-15-13(10-12)11-16(22)20-15/h2-3,10,14H,1,4-9,11,18H2,(H,19,23)(H,20,22). The molecular formula is C17H24N4O4S. The van der Waals surface area contributed by atoms with E-state index in [4.69, 9.17) is 5.73 Å². The maximum Gasteiger partial charge on any atom is 0.251 e. The number of rotatable bonds is 6. The van der Waals surface area contributed by atoms with Crippen LogP contribution in [-0.4, -0.2) is 56.0 Å². The monoisotopic (exact) mass is 380 g/mol. The zero-order chi connectivity index (χ0) is 18.7. The minimum absolute atomic E-state index is 0.0588. The fourth-order valence-corrected chi connectivity index (χ4v) is 4.87. The molecule has 2 aliphatic rings. The molecule has 1 aromatic rings. The summed E-state index contributed by atoms with van der Waals surface area (Å²) in [7, 11) is -3.26. The molecule has 1 saturated heterocycles. The number of hydrogen-bond acceptors (Lipinski definition) is 5. The van der Waals surface area contributed by atoms with Crippen LogP contribution in [0, 0.1) is 0 Å². The summed E-state index contributed by atoms with van der Waals surface area (Å²) >= 11 is 0. The highest BCUT2D eigenvalue weighted by Gasteiger charge is 2.28. The van der Waals surface area contributed by atoms with Crippen molar-refractivity contribution in [2.75, 3.05) is 30.7 Å². The first-order valence-corrected chi connectivity index (χ1v) is 10.4. The SMILES string of the molecule is NCCCS(=O)(=O)N1CCC(NC(=O)c2ccc3c(c2)CC(=O)N3)CC1. The minimum atomic E-state index is -3.26. The van der Waals surface area contributed by atoms with Crippen molar-refractivity contribution < 1.29 is 18.0 Å². The fourth-order valence-electron chi connectivity index (χ4n) is 3.31. The van der Waals surface area contributed by atoms with Crippen molar-refractivity contribution in [1.29, 1.82) is 0 Å². The summed E-state index contributed by atoms with van der Waals surface area (Å²) in [6.07, 6.45) is 1.90. The van der Waals surface area contributed by atoms with Crippen molar-refractivity contribution in [3.8, 4) is 0 Å². The minimum Gasteiger partial charge on any atom is -0.349 e. The summed E-state index contributed by atoms with van der Waals surface area (Å²) in [6.45, 7) is 1.16. The molecule has 1 fully saturated rings. The highest BCUT2D eigenvalue weighted by Crippen LogP contribution is 2.24. The number of sulfonamides is 1. The van der Waals surface area contributed by atoms with Gasteiger partial charge in [-0.05, 0) is 49.6 Å². The predicted molar refractivity (Wildman–Crippen MR) is 98.3 cm³/mol. The van der Waals surface area contributed by atoms with Crippen LogP contribution in [0.1, 0.15) is 35.2 Å². The molecule has 2 aliphatic heterocycles. The van der Waals surface area contributed by atoms with Crippen LogP contribution >= 0.6 is 0 Å². The number of nitrogens with zero attached hydrogens (tertiary/aromatic N) is 1. The Bertz CT molecular complexity index is 801. The van der Waals surface area contributed by atoms with Gasteiger partial charge >= 0.3 is 0 Å². The largest absolute Gasteiger partial charge is 0.349 e. The molecule has 1 aromatic carbocycles. The van der Waals surface area contributed by atoms with Crippen LogP contribution in [0.3, 0.4) is 0 Å². The molecule has 0 unspecified atom stereocenters. The zero-order valence-electron chi connectivity index (χ0n) is 14.5. The van der Waals surface area contributed by atoms with E-state index in [1.807, 2.05) is 0 Å². The Morgan fingerprint density at radius 3 is 2.73 bits per heavy atom. The van der Waals surface area contributed by atoms with Gasteiger partial charge in [-0.15, -0.1) is 0 Å². The number of carbonyl (C=O) groups excluding carboxylic acids is 2. The molecule has 0 bridgehead atoms. The lowest BCUT2D eigenvalue weighted by atomic mass is 10.0. The van der Waals surface area contributed by atoms with Crippen molar-refractivity contribution in [3.05, 3.63) is 29.3 Å². The molecule has 9 heteroatoms. The Balaban J connectivity index is 1.54. The molecule has 0 radical (unpaired) electrons. The molecule has 0 aliphatic carbocycles. The molecular weight excluding hydrogens is 356 g/mol. The maximum absolute atomic E-state index is 12.5. The second-order valence-corrected chi connectivity index (χ2v) is 8.79. The molecule has 142 valence electrons. The Labute approximate surface area is 153 Å². The van der Waals surface area contributed by atoms with Gasteiger partial charge in [0.05, 0.1) is 12.2 Å². The molecule has 26 heavy (non-hydrogen) atoms. The van der Waals surface area contributed by atoms with Gasteiger partial charge in [-0.25, -0.2) is 12.7 Å². The Morgan fingerprint density at radius 2 is 2.04 bits per heavy atom. The third-order valence-electron chi connectivity index (χ3n) is 4.78. The Morgan fingerprint density at radius 1 is 1.31 bits per heavy atom. The number of amides is 2. The van der Waals surface area contributed by atoms with Gasteiger partial charge in [-0.1, -0.05) is 0 Å². The molecule has 0 spiro atoms. The summed E-state index contributed by atoms with van der Waals surface area (Å²) < 4.78 is 25.8. The maximum atomic E-state index is 12.5.